The molecule has 5 heteroatoms. The van der Waals surface area contributed by atoms with Crippen molar-refractivity contribution in [3.8, 4) is 0 Å². The molecule has 0 bridgehead atoms. The van der Waals surface area contributed by atoms with E-state index in [9.17, 15) is 9.18 Å². The number of para-hydroxylation sites is 1. The van der Waals surface area contributed by atoms with Crippen LogP contribution in [0.4, 0.5) is 10.1 Å². The van der Waals surface area contributed by atoms with Crippen LogP contribution >= 0.6 is 15.9 Å². The highest BCUT2D eigenvalue weighted by Crippen LogP contribution is 2.25. The maximum Gasteiger partial charge on any atom is 0.227 e. The molecule has 0 saturated carbocycles. The molecule has 1 heterocycles. The normalized spacial score (nSPS) is 19.3. The second-order valence-corrected chi connectivity index (χ2v) is 4.84. The van der Waals surface area contributed by atoms with Crippen LogP contribution in [0, 0.1) is 5.82 Å². The largest absolute Gasteiger partial charge is 0.378 e. The van der Waals surface area contributed by atoms with E-state index in [-0.39, 0.29) is 24.1 Å². The number of hydrogen-bond donors (Lipinski definition) is 1. The summed E-state index contributed by atoms with van der Waals surface area (Å²) in [6.45, 7) is 0.710. The van der Waals surface area contributed by atoms with E-state index < -0.39 is 5.82 Å². The smallest absolute Gasteiger partial charge is 0.227 e. The molecule has 1 saturated heterocycles. The number of carbonyl (C=O) groups is 1. The highest BCUT2D eigenvalue weighted by molar-refractivity contribution is 9.10. The van der Waals surface area contributed by atoms with E-state index in [0.29, 0.717) is 11.1 Å². The van der Waals surface area contributed by atoms with Gasteiger partial charge >= 0.3 is 0 Å². The van der Waals surface area contributed by atoms with Gasteiger partial charge in [0.15, 0.2) is 0 Å². The molecule has 3 nitrogen and oxygen atoms in total. The number of halogens is 2. The molecular weight excluding hydrogens is 289 g/mol. The lowest BCUT2D eigenvalue weighted by atomic mass is 10.2. The Balaban J connectivity index is 1.97. The standard InChI is InChI=1S/C12H13BrFNO2/c13-9-4-1-5-10(14)12(9)15-11(16)7-8-3-2-6-17-8/h1,4-5,8H,2-3,6-7H2,(H,15,16). The van der Waals surface area contributed by atoms with E-state index in [2.05, 4.69) is 21.2 Å². The Morgan fingerprint density at radius 3 is 3.06 bits per heavy atom. The first-order valence-electron chi connectivity index (χ1n) is 5.52. The topological polar surface area (TPSA) is 38.3 Å². The lowest BCUT2D eigenvalue weighted by Gasteiger charge is -2.11. The molecular formula is C12H13BrFNO2. The van der Waals surface area contributed by atoms with E-state index in [1.54, 1.807) is 12.1 Å². The summed E-state index contributed by atoms with van der Waals surface area (Å²) in [5.74, 6) is -0.664. The first-order chi connectivity index (χ1) is 8.16. The van der Waals surface area contributed by atoms with Crippen LogP contribution < -0.4 is 5.32 Å². The lowest BCUT2D eigenvalue weighted by Crippen LogP contribution is -2.20. The van der Waals surface area contributed by atoms with Gasteiger partial charge in [0.25, 0.3) is 0 Å². The van der Waals surface area contributed by atoms with Gasteiger partial charge in [0.2, 0.25) is 5.91 Å². The molecule has 0 aromatic heterocycles. The fourth-order valence-electron chi connectivity index (χ4n) is 1.82. The monoisotopic (exact) mass is 301 g/mol. The van der Waals surface area contributed by atoms with Gasteiger partial charge in [-0.3, -0.25) is 4.79 Å². The van der Waals surface area contributed by atoms with Crippen LogP contribution in [0.25, 0.3) is 0 Å². The summed E-state index contributed by atoms with van der Waals surface area (Å²) < 4.78 is 19.3. The number of hydrogen-bond acceptors (Lipinski definition) is 2. The van der Waals surface area contributed by atoms with Gasteiger partial charge in [0.05, 0.1) is 18.2 Å². The summed E-state index contributed by atoms with van der Waals surface area (Å²) in [5.41, 5.74) is 0.190. The average Bonchev–Trinajstić information content (AvgIpc) is 2.76. The zero-order valence-electron chi connectivity index (χ0n) is 9.21. The predicted octanol–water partition coefficient (Wildman–Crippen LogP) is 3.10. The third-order valence-electron chi connectivity index (χ3n) is 2.66. The molecule has 1 aromatic rings. The van der Waals surface area contributed by atoms with Gasteiger partial charge < -0.3 is 10.1 Å². The lowest BCUT2D eigenvalue weighted by molar-refractivity contribution is -0.118. The van der Waals surface area contributed by atoms with Crippen LogP contribution in [0.3, 0.4) is 0 Å². The Kier molecular flexibility index (Phi) is 4.12. The third-order valence-corrected chi connectivity index (χ3v) is 3.33. The number of nitrogens with one attached hydrogen (secondary N) is 1. The van der Waals surface area contributed by atoms with Crippen molar-refractivity contribution in [1.29, 1.82) is 0 Å². The van der Waals surface area contributed by atoms with Crippen molar-refractivity contribution in [2.24, 2.45) is 0 Å². The highest BCUT2D eigenvalue weighted by atomic mass is 79.9. The molecule has 1 N–H and O–H groups in total. The van der Waals surface area contributed by atoms with Crippen LogP contribution in [0.1, 0.15) is 19.3 Å². The van der Waals surface area contributed by atoms with Crippen molar-refractivity contribution in [3.05, 3.63) is 28.5 Å². The molecule has 0 radical (unpaired) electrons. The van der Waals surface area contributed by atoms with Crippen molar-refractivity contribution in [1.82, 2.24) is 0 Å². The Morgan fingerprint density at radius 2 is 2.41 bits per heavy atom. The molecule has 1 unspecified atom stereocenters. The van der Waals surface area contributed by atoms with Crippen LogP contribution in [-0.2, 0) is 9.53 Å². The molecule has 1 fully saturated rings. The summed E-state index contributed by atoms with van der Waals surface area (Å²) in [7, 11) is 0. The molecule has 92 valence electrons. The van der Waals surface area contributed by atoms with Gasteiger partial charge in [-0.25, -0.2) is 4.39 Å². The Hall–Kier alpha value is -0.940. The summed E-state index contributed by atoms with van der Waals surface area (Å²) >= 11 is 3.20. The van der Waals surface area contributed by atoms with E-state index in [0.717, 1.165) is 12.8 Å². The maximum absolute atomic E-state index is 13.4. The number of anilines is 1. The quantitative estimate of drug-likeness (QED) is 0.932. The first-order valence-corrected chi connectivity index (χ1v) is 6.31. The van der Waals surface area contributed by atoms with Gasteiger partial charge in [-0.15, -0.1) is 0 Å². The van der Waals surface area contributed by atoms with Crippen molar-refractivity contribution in [2.45, 2.75) is 25.4 Å². The second-order valence-electron chi connectivity index (χ2n) is 3.98. The second kappa shape index (κ2) is 5.60. The molecule has 1 amide bonds. The number of benzene rings is 1. The van der Waals surface area contributed by atoms with Crippen molar-refractivity contribution in [2.75, 3.05) is 11.9 Å². The molecule has 17 heavy (non-hydrogen) atoms. The molecule has 1 aliphatic rings. The van der Waals surface area contributed by atoms with Crippen LogP contribution in [0.5, 0.6) is 0 Å². The molecule has 0 aliphatic carbocycles. The molecule has 1 aliphatic heterocycles. The Bertz CT molecular complexity index is 399. The number of ether oxygens (including phenoxy) is 1. The Morgan fingerprint density at radius 1 is 1.59 bits per heavy atom. The number of rotatable bonds is 3. The number of carbonyl (C=O) groups excluding carboxylic acids is 1. The van der Waals surface area contributed by atoms with Crippen molar-refractivity contribution >= 4 is 27.5 Å². The zero-order chi connectivity index (χ0) is 12.3. The third kappa shape index (κ3) is 3.26. The Labute approximate surface area is 107 Å². The fourth-order valence-corrected chi connectivity index (χ4v) is 2.26. The average molecular weight is 302 g/mol. The van der Waals surface area contributed by atoms with Crippen LogP contribution in [0.2, 0.25) is 0 Å². The summed E-state index contributed by atoms with van der Waals surface area (Å²) in [4.78, 5) is 11.7. The summed E-state index contributed by atoms with van der Waals surface area (Å²) in [6, 6.07) is 4.58. The minimum absolute atomic E-state index is 0.0273. The van der Waals surface area contributed by atoms with Crippen LogP contribution in [0.15, 0.2) is 22.7 Å². The van der Waals surface area contributed by atoms with E-state index in [4.69, 9.17) is 4.74 Å². The van der Waals surface area contributed by atoms with Crippen molar-refractivity contribution < 1.29 is 13.9 Å². The van der Waals surface area contributed by atoms with E-state index in [1.807, 2.05) is 0 Å². The van der Waals surface area contributed by atoms with Crippen molar-refractivity contribution in [3.63, 3.8) is 0 Å². The molecule has 0 spiro atoms. The number of amides is 1. The van der Waals surface area contributed by atoms with Gasteiger partial charge in [-0.1, -0.05) is 6.07 Å². The van der Waals surface area contributed by atoms with Gasteiger partial charge in [0, 0.05) is 11.1 Å². The highest BCUT2D eigenvalue weighted by Gasteiger charge is 2.20. The SMILES string of the molecule is O=C(CC1CCCO1)Nc1c(F)cccc1Br. The van der Waals surface area contributed by atoms with Gasteiger partial charge in [-0.05, 0) is 40.9 Å². The predicted molar refractivity (Wildman–Crippen MR) is 66.3 cm³/mol. The van der Waals surface area contributed by atoms with Gasteiger partial charge in [0.1, 0.15) is 5.82 Å². The molecule has 1 atom stereocenters. The minimum Gasteiger partial charge on any atom is -0.378 e. The summed E-state index contributed by atoms with van der Waals surface area (Å²) in [6.07, 6.45) is 2.13. The maximum atomic E-state index is 13.4. The summed E-state index contributed by atoms with van der Waals surface area (Å²) in [5, 5.41) is 2.56. The first kappa shape index (κ1) is 12.5. The zero-order valence-corrected chi connectivity index (χ0v) is 10.8. The molecule has 1 aromatic carbocycles. The van der Waals surface area contributed by atoms with E-state index >= 15 is 0 Å². The molecule has 2 rings (SSSR count). The fraction of sp³-hybridized carbons (Fsp3) is 0.417. The van der Waals surface area contributed by atoms with Crippen LogP contribution in [-0.4, -0.2) is 18.6 Å². The van der Waals surface area contributed by atoms with E-state index in [1.165, 1.54) is 6.07 Å². The minimum atomic E-state index is -0.444. The van der Waals surface area contributed by atoms with Gasteiger partial charge in [-0.2, -0.15) is 0 Å².